The second-order valence-corrected chi connectivity index (χ2v) is 4.83. The summed E-state index contributed by atoms with van der Waals surface area (Å²) in [4.78, 5) is 15.9. The van der Waals surface area contributed by atoms with Crippen LogP contribution in [0.4, 0.5) is 5.69 Å². The fourth-order valence-electron chi connectivity index (χ4n) is 1.58. The van der Waals surface area contributed by atoms with Crippen molar-refractivity contribution in [2.24, 2.45) is 0 Å². The van der Waals surface area contributed by atoms with Crippen molar-refractivity contribution in [3.63, 3.8) is 0 Å². The summed E-state index contributed by atoms with van der Waals surface area (Å²) in [6, 6.07) is 5.16. The van der Waals surface area contributed by atoms with Crippen LogP contribution in [0.15, 0.2) is 24.5 Å². The summed E-state index contributed by atoms with van der Waals surface area (Å²) in [5, 5.41) is 6.80. The van der Waals surface area contributed by atoms with Gasteiger partial charge in [0.1, 0.15) is 24.4 Å². The monoisotopic (exact) mass is 388 g/mol. The highest BCUT2D eigenvalue weighted by Gasteiger charge is 2.08. The Morgan fingerprint density at radius 2 is 1.95 bits per heavy atom. The zero-order chi connectivity index (χ0) is 14.5. The van der Waals surface area contributed by atoms with E-state index in [1.807, 2.05) is 22.6 Å². The molecule has 1 heterocycles. The van der Waals surface area contributed by atoms with Crippen LogP contribution in [-0.4, -0.2) is 34.9 Å². The average Bonchev–Trinajstić information content (AvgIpc) is 2.83. The molecule has 0 unspecified atom stereocenters. The van der Waals surface area contributed by atoms with E-state index in [1.165, 1.54) is 11.0 Å². The number of hydrogen-bond acceptors (Lipinski definition) is 5. The first-order chi connectivity index (χ1) is 9.60. The lowest BCUT2D eigenvalue weighted by Gasteiger charge is -2.09. The molecule has 0 saturated carbocycles. The van der Waals surface area contributed by atoms with Crippen LogP contribution in [0.3, 0.4) is 0 Å². The first-order valence-electron chi connectivity index (χ1n) is 5.68. The molecule has 0 aliphatic rings. The van der Waals surface area contributed by atoms with Gasteiger partial charge < -0.3 is 14.8 Å². The smallest absolute Gasteiger partial charge is 0.246 e. The Kier molecular flexibility index (Phi) is 4.77. The summed E-state index contributed by atoms with van der Waals surface area (Å²) in [5.74, 6) is 1.01. The van der Waals surface area contributed by atoms with Crippen molar-refractivity contribution in [3.8, 4) is 11.5 Å². The first kappa shape index (κ1) is 14.6. The third kappa shape index (κ3) is 3.83. The number of carbonyl (C=O) groups is 1. The summed E-state index contributed by atoms with van der Waals surface area (Å²) >= 11 is 1.98. The molecule has 106 valence electrons. The molecule has 0 atom stereocenters. The molecule has 0 spiro atoms. The summed E-state index contributed by atoms with van der Waals surface area (Å²) in [6.07, 6.45) is 1.51. The molecule has 0 radical (unpaired) electrons. The predicted octanol–water partition coefficient (Wildman–Crippen LogP) is 1.54. The predicted molar refractivity (Wildman–Crippen MR) is 80.9 cm³/mol. The van der Waals surface area contributed by atoms with Crippen LogP contribution in [0.1, 0.15) is 0 Å². The highest BCUT2D eigenvalue weighted by molar-refractivity contribution is 14.1. The number of methoxy groups -OCH3 is 2. The Labute approximate surface area is 129 Å². The van der Waals surface area contributed by atoms with Crippen molar-refractivity contribution in [3.05, 3.63) is 28.4 Å². The Hall–Kier alpha value is -1.84. The highest BCUT2D eigenvalue weighted by atomic mass is 127. The third-order valence-electron chi connectivity index (χ3n) is 2.45. The number of rotatable bonds is 5. The maximum Gasteiger partial charge on any atom is 0.246 e. The molecular weight excluding hydrogens is 375 g/mol. The van der Waals surface area contributed by atoms with Crippen LogP contribution in [0, 0.1) is 3.83 Å². The van der Waals surface area contributed by atoms with Gasteiger partial charge in [0.05, 0.1) is 14.2 Å². The average molecular weight is 388 g/mol. The minimum absolute atomic E-state index is 0.0928. The number of ether oxygens (including phenoxy) is 2. The van der Waals surface area contributed by atoms with Gasteiger partial charge in [0.25, 0.3) is 0 Å². The molecule has 1 N–H and O–H groups in total. The maximum atomic E-state index is 11.9. The fraction of sp³-hybridized carbons (Fsp3) is 0.250. The van der Waals surface area contributed by atoms with E-state index in [1.54, 1.807) is 32.4 Å². The molecule has 1 amide bonds. The number of hydrogen-bond donors (Lipinski definition) is 1. The number of benzene rings is 1. The quantitative estimate of drug-likeness (QED) is 0.787. The molecule has 0 fully saturated rings. The lowest BCUT2D eigenvalue weighted by Crippen LogP contribution is -2.19. The van der Waals surface area contributed by atoms with Crippen molar-refractivity contribution in [1.82, 2.24) is 14.8 Å². The summed E-state index contributed by atoms with van der Waals surface area (Å²) in [7, 11) is 3.11. The Bertz CT molecular complexity index is 592. The Morgan fingerprint density at radius 3 is 2.45 bits per heavy atom. The molecular formula is C12H13IN4O3. The normalized spacial score (nSPS) is 10.2. The van der Waals surface area contributed by atoms with Crippen molar-refractivity contribution in [1.29, 1.82) is 0 Å². The number of nitrogens with zero attached hydrogens (tertiary/aromatic N) is 3. The standard InChI is InChI=1S/C12H13IN4O3/c1-19-9-3-8(4-10(5-9)20-2)15-11(18)6-17-7-14-12(13)16-17/h3-5,7H,6H2,1-2H3,(H,15,18). The highest BCUT2D eigenvalue weighted by Crippen LogP contribution is 2.25. The van der Waals surface area contributed by atoms with Gasteiger partial charge in [-0.25, -0.2) is 9.67 Å². The summed E-state index contributed by atoms with van der Waals surface area (Å²) in [6.45, 7) is 0.0928. The maximum absolute atomic E-state index is 11.9. The van der Waals surface area contributed by atoms with Gasteiger partial charge in [-0.2, -0.15) is 0 Å². The minimum atomic E-state index is -0.207. The Morgan fingerprint density at radius 1 is 1.30 bits per heavy atom. The van der Waals surface area contributed by atoms with Gasteiger partial charge >= 0.3 is 0 Å². The topological polar surface area (TPSA) is 78.3 Å². The van der Waals surface area contributed by atoms with E-state index in [-0.39, 0.29) is 12.5 Å². The van der Waals surface area contributed by atoms with Crippen LogP contribution in [0.2, 0.25) is 0 Å². The van der Waals surface area contributed by atoms with Gasteiger partial charge in [-0.1, -0.05) is 0 Å². The van der Waals surface area contributed by atoms with Crippen molar-refractivity contribution >= 4 is 34.2 Å². The van der Waals surface area contributed by atoms with E-state index in [4.69, 9.17) is 9.47 Å². The van der Waals surface area contributed by atoms with Crippen LogP contribution in [0.25, 0.3) is 0 Å². The number of nitrogens with one attached hydrogen (secondary N) is 1. The molecule has 0 saturated heterocycles. The first-order valence-corrected chi connectivity index (χ1v) is 6.76. The SMILES string of the molecule is COc1cc(NC(=O)Cn2cnc(I)n2)cc(OC)c1. The van der Waals surface area contributed by atoms with E-state index >= 15 is 0 Å². The van der Waals surface area contributed by atoms with Crippen LogP contribution < -0.4 is 14.8 Å². The van der Waals surface area contributed by atoms with Crippen LogP contribution >= 0.6 is 22.6 Å². The molecule has 7 nitrogen and oxygen atoms in total. The van der Waals surface area contributed by atoms with Crippen LogP contribution in [-0.2, 0) is 11.3 Å². The van der Waals surface area contributed by atoms with Gasteiger partial charge in [-0.05, 0) is 0 Å². The summed E-state index contributed by atoms with van der Waals surface area (Å²) < 4.78 is 12.3. The second-order valence-electron chi connectivity index (χ2n) is 3.86. The van der Waals surface area contributed by atoms with Gasteiger partial charge in [-0.15, -0.1) is 5.10 Å². The third-order valence-corrected chi connectivity index (χ3v) is 2.94. The van der Waals surface area contributed by atoms with E-state index in [2.05, 4.69) is 15.4 Å². The van der Waals surface area contributed by atoms with Crippen molar-refractivity contribution < 1.29 is 14.3 Å². The van der Waals surface area contributed by atoms with Gasteiger partial charge in [0.15, 0.2) is 0 Å². The zero-order valence-corrected chi connectivity index (χ0v) is 13.1. The second kappa shape index (κ2) is 6.55. The van der Waals surface area contributed by atoms with E-state index in [0.29, 0.717) is 21.0 Å². The molecule has 2 rings (SSSR count). The Balaban J connectivity index is 2.07. The largest absolute Gasteiger partial charge is 0.497 e. The fourth-order valence-corrected chi connectivity index (χ4v) is 1.98. The van der Waals surface area contributed by atoms with Gasteiger partial charge in [-0.3, -0.25) is 4.79 Å². The van der Waals surface area contributed by atoms with E-state index in [0.717, 1.165) is 0 Å². The molecule has 2 aromatic rings. The van der Waals surface area contributed by atoms with Gasteiger partial charge in [0.2, 0.25) is 9.74 Å². The van der Waals surface area contributed by atoms with E-state index < -0.39 is 0 Å². The van der Waals surface area contributed by atoms with Crippen molar-refractivity contribution in [2.75, 3.05) is 19.5 Å². The van der Waals surface area contributed by atoms with Crippen LogP contribution in [0.5, 0.6) is 11.5 Å². The number of anilines is 1. The zero-order valence-electron chi connectivity index (χ0n) is 11.0. The number of amides is 1. The van der Waals surface area contributed by atoms with Gasteiger partial charge in [0, 0.05) is 46.5 Å². The number of halogens is 1. The molecule has 1 aromatic heterocycles. The molecule has 0 aliphatic heterocycles. The van der Waals surface area contributed by atoms with E-state index in [9.17, 15) is 4.79 Å². The molecule has 1 aromatic carbocycles. The molecule has 0 bridgehead atoms. The molecule has 8 heteroatoms. The molecule has 20 heavy (non-hydrogen) atoms. The molecule has 0 aliphatic carbocycles. The van der Waals surface area contributed by atoms with Crippen molar-refractivity contribution in [2.45, 2.75) is 6.54 Å². The lowest BCUT2D eigenvalue weighted by atomic mass is 10.2. The number of carbonyl (C=O) groups excluding carboxylic acids is 1. The summed E-state index contributed by atoms with van der Waals surface area (Å²) in [5.41, 5.74) is 0.598. The minimum Gasteiger partial charge on any atom is -0.497 e. The lowest BCUT2D eigenvalue weighted by molar-refractivity contribution is -0.116. The number of aromatic nitrogens is 3.